The lowest BCUT2D eigenvalue weighted by Gasteiger charge is -2.21. The van der Waals surface area contributed by atoms with Gasteiger partial charge in [0.2, 0.25) is 0 Å². The number of carbonyl (C=O) groups excluding carboxylic acids is 1. The Bertz CT molecular complexity index is 816. The number of aromatic nitrogens is 1. The molecule has 24 heavy (non-hydrogen) atoms. The monoisotopic (exact) mass is 321 g/mol. The van der Waals surface area contributed by atoms with Gasteiger partial charge in [-0.2, -0.15) is 0 Å². The van der Waals surface area contributed by atoms with Crippen LogP contribution < -0.4 is 10.2 Å². The molecular formula is C20H23N3O. The molecule has 0 saturated heterocycles. The minimum Gasteiger partial charge on any atom is -0.378 e. The van der Waals surface area contributed by atoms with Crippen LogP contribution in [0.25, 0.3) is 10.9 Å². The van der Waals surface area contributed by atoms with E-state index in [1.807, 2.05) is 36.4 Å². The van der Waals surface area contributed by atoms with Gasteiger partial charge >= 0.3 is 0 Å². The summed E-state index contributed by atoms with van der Waals surface area (Å²) in [5.74, 6) is 0.0836. The molecule has 0 atom stereocenters. The van der Waals surface area contributed by atoms with Crippen LogP contribution in [-0.4, -0.2) is 30.4 Å². The number of rotatable bonds is 7. The Hall–Kier alpha value is -2.75. The highest BCUT2D eigenvalue weighted by Crippen LogP contribution is 2.20. The highest BCUT2D eigenvalue weighted by atomic mass is 16.1. The minimum absolute atomic E-state index is 0.0836. The average Bonchev–Trinajstić information content (AvgIpc) is 3.06. The number of anilines is 2. The molecule has 0 bridgehead atoms. The summed E-state index contributed by atoms with van der Waals surface area (Å²) in [6.45, 7) is 6.56. The van der Waals surface area contributed by atoms with Crippen LogP contribution in [0.1, 0.15) is 24.2 Å². The van der Waals surface area contributed by atoms with Gasteiger partial charge in [-0.25, -0.2) is 0 Å². The fourth-order valence-corrected chi connectivity index (χ4v) is 2.96. The van der Waals surface area contributed by atoms with Crippen molar-refractivity contribution in [1.29, 1.82) is 0 Å². The van der Waals surface area contributed by atoms with Crippen LogP contribution in [0.3, 0.4) is 0 Å². The standard InChI is InChI=1S/C20H23N3O/c1-3-23(4-2)16-11-9-15(10-12-16)21-14-20(24)18-13-22-19-8-6-5-7-17(18)19/h5-13,21-22H,3-4,14H2,1-2H3. The molecule has 4 heteroatoms. The third-order valence-corrected chi connectivity index (χ3v) is 4.34. The van der Waals surface area contributed by atoms with Crippen molar-refractivity contribution in [3.05, 3.63) is 60.3 Å². The molecular weight excluding hydrogens is 298 g/mol. The quantitative estimate of drug-likeness (QED) is 0.638. The van der Waals surface area contributed by atoms with Crippen molar-refractivity contribution in [3.63, 3.8) is 0 Å². The van der Waals surface area contributed by atoms with E-state index in [0.717, 1.165) is 35.2 Å². The van der Waals surface area contributed by atoms with Crippen LogP contribution in [0.2, 0.25) is 0 Å². The molecule has 0 spiro atoms. The van der Waals surface area contributed by atoms with Crippen molar-refractivity contribution in [2.24, 2.45) is 0 Å². The number of H-pyrrole nitrogens is 1. The number of carbonyl (C=O) groups is 1. The Labute approximate surface area is 142 Å². The molecule has 1 heterocycles. The van der Waals surface area contributed by atoms with E-state index in [2.05, 4.69) is 41.2 Å². The maximum Gasteiger partial charge on any atom is 0.183 e. The number of Topliss-reactive ketones (excluding diaryl/α,β-unsaturated/α-hetero) is 1. The van der Waals surface area contributed by atoms with Gasteiger partial charge in [-0.3, -0.25) is 4.79 Å². The summed E-state index contributed by atoms with van der Waals surface area (Å²) in [5.41, 5.74) is 3.88. The summed E-state index contributed by atoms with van der Waals surface area (Å²) >= 11 is 0. The normalized spacial score (nSPS) is 10.8. The van der Waals surface area contributed by atoms with Crippen molar-refractivity contribution in [1.82, 2.24) is 4.98 Å². The molecule has 0 aliphatic rings. The highest BCUT2D eigenvalue weighted by Gasteiger charge is 2.11. The molecule has 1 aromatic heterocycles. The number of hydrogen-bond acceptors (Lipinski definition) is 3. The molecule has 0 saturated carbocycles. The van der Waals surface area contributed by atoms with Crippen molar-refractivity contribution >= 4 is 28.1 Å². The average molecular weight is 321 g/mol. The predicted octanol–water partition coefficient (Wildman–Crippen LogP) is 4.31. The molecule has 0 unspecified atom stereocenters. The molecule has 2 N–H and O–H groups in total. The van der Waals surface area contributed by atoms with E-state index in [-0.39, 0.29) is 12.3 Å². The Morgan fingerprint density at radius 2 is 1.75 bits per heavy atom. The Kier molecular flexibility index (Phi) is 4.85. The first-order valence-electron chi connectivity index (χ1n) is 8.41. The van der Waals surface area contributed by atoms with E-state index in [1.165, 1.54) is 5.69 Å². The van der Waals surface area contributed by atoms with Gasteiger partial charge in [0.1, 0.15) is 0 Å². The number of ketones is 1. The molecule has 124 valence electrons. The van der Waals surface area contributed by atoms with Crippen LogP contribution in [0.4, 0.5) is 11.4 Å². The van der Waals surface area contributed by atoms with Gasteiger partial charge in [0.25, 0.3) is 0 Å². The molecule has 0 fully saturated rings. The van der Waals surface area contributed by atoms with Gasteiger partial charge in [0.15, 0.2) is 5.78 Å². The number of hydrogen-bond donors (Lipinski definition) is 2. The van der Waals surface area contributed by atoms with E-state index in [1.54, 1.807) is 6.20 Å². The second kappa shape index (κ2) is 7.21. The molecule has 0 radical (unpaired) electrons. The maximum absolute atomic E-state index is 12.5. The second-order valence-electron chi connectivity index (χ2n) is 5.74. The summed E-state index contributed by atoms with van der Waals surface area (Å²) in [4.78, 5) is 17.9. The first-order chi connectivity index (χ1) is 11.7. The predicted molar refractivity (Wildman–Crippen MR) is 101 cm³/mol. The van der Waals surface area contributed by atoms with Crippen LogP contribution >= 0.6 is 0 Å². The molecule has 4 nitrogen and oxygen atoms in total. The Morgan fingerprint density at radius 1 is 1.04 bits per heavy atom. The summed E-state index contributed by atoms with van der Waals surface area (Å²) < 4.78 is 0. The van der Waals surface area contributed by atoms with E-state index in [0.29, 0.717) is 0 Å². The van der Waals surface area contributed by atoms with E-state index in [9.17, 15) is 4.79 Å². The minimum atomic E-state index is 0.0836. The Morgan fingerprint density at radius 3 is 2.46 bits per heavy atom. The maximum atomic E-state index is 12.5. The summed E-state index contributed by atoms with van der Waals surface area (Å²) in [7, 11) is 0. The number of aromatic amines is 1. The van der Waals surface area contributed by atoms with Gasteiger partial charge in [-0.1, -0.05) is 18.2 Å². The van der Waals surface area contributed by atoms with E-state index < -0.39 is 0 Å². The Balaban J connectivity index is 1.66. The smallest absolute Gasteiger partial charge is 0.183 e. The van der Waals surface area contributed by atoms with Crippen LogP contribution in [0.5, 0.6) is 0 Å². The zero-order valence-electron chi connectivity index (χ0n) is 14.2. The third kappa shape index (κ3) is 3.27. The fourth-order valence-electron chi connectivity index (χ4n) is 2.96. The number of para-hydroxylation sites is 1. The molecule has 0 aliphatic heterocycles. The topological polar surface area (TPSA) is 48.1 Å². The number of nitrogens with one attached hydrogen (secondary N) is 2. The summed E-state index contributed by atoms with van der Waals surface area (Å²) in [6.07, 6.45) is 1.79. The van der Waals surface area contributed by atoms with Crippen molar-refractivity contribution in [2.45, 2.75) is 13.8 Å². The van der Waals surface area contributed by atoms with Gasteiger partial charge in [-0.15, -0.1) is 0 Å². The zero-order valence-corrected chi connectivity index (χ0v) is 14.2. The van der Waals surface area contributed by atoms with E-state index in [4.69, 9.17) is 0 Å². The lowest BCUT2D eigenvalue weighted by molar-refractivity contribution is 0.101. The van der Waals surface area contributed by atoms with Gasteiger partial charge < -0.3 is 15.2 Å². The number of benzene rings is 2. The number of fused-ring (bicyclic) bond motifs is 1. The first kappa shape index (κ1) is 16.1. The van der Waals surface area contributed by atoms with Gasteiger partial charge in [0, 0.05) is 47.1 Å². The van der Waals surface area contributed by atoms with Crippen LogP contribution in [0.15, 0.2) is 54.7 Å². The number of nitrogens with zero attached hydrogens (tertiary/aromatic N) is 1. The third-order valence-electron chi connectivity index (χ3n) is 4.34. The first-order valence-corrected chi connectivity index (χ1v) is 8.41. The van der Waals surface area contributed by atoms with Gasteiger partial charge in [0.05, 0.1) is 6.54 Å². The largest absolute Gasteiger partial charge is 0.378 e. The molecule has 3 rings (SSSR count). The van der Waals surface area contributed by atoms with Gasteiger partial charge in [-0.05, 0) is 44.2 Å². The highest BCUT2D eigenvalue weighted by molar-refractivity contribution is 6.09. The van der Waals surface area contributed by atoms with Crippen molar-refractivity contribution in [2.75, 3.05) is 29.9 Å². The van der Waals surface area contributed by atoms with Crippen LogP contribution in [-0.2, 0) is 0 Å². The van der Waals surface area contributed by atoms with Crippen molar-refractivity contribution < 1.29 is 4.79 Å². The summed E-state index contributed by atoms with van der Waals surface area (Å²) in [5, 5.41) is 4.19. The molecule has 0 aliphatic carbocycles. The van der Waals surface area contributed by atoms with E-state index >= 15 is 0 Å². The van der Waals surface area contributed by atoms with Crippen molar-refractivity contribution in [3.8, 4) is 0 Å². The lowest BCUT2D eigenvalue weighted by Crippen LogP contribution is -2.21. The fraction of sp³-hybridized carbons (Fsp3) is 0.250. The second-order valence-corrected chi connectivity index (χ2v) is 5.74. The molecule has 3 aromatic rings. The molecule has 0 amide bonds. The zero-order chi connectivity index (χ0) is 16.9. The lowest BCUT2D eigenvalue weighted by atomic mass is 10.1. The molecule has 2 aromatic carbocycles. The SMILES string of the molecule is CCN(CC)c1ccc(NCC(=O)c2c[nH]c3ccccc23)cc1. The van der Waals surface area contributed by atoms with Crippen LogP contribution in [0, 0.1) is 0 Å². The summed E-state index contributed by atoms with van der Waals surface area (Å²) in [6, 6.07) is 16.1.